The van der Waals surface area contributed by atoms with Crippen LogP contribution >= 0.6 is 0 Å². The highest BCUT2D eigenvalue weighted by Crippen LogP contribution is 2.37. The molecule has 0 saturated carbocycles. The number of hydrogen-bond acceptors (Lipinski definition) is 4. The molecule has 0 unspecified atom stereocenters. The summed E-state index contributed by atoms with van der Waals surface area (Å²) < 4.78 is 21.0. The van der Waals surface area contributed by atoms with Gasteiger partial charge in [0.2, 0.25) is 0 Å². The van der Waals surface area contributed by atoms with Gasteiger partial charge in [-0.05, 0) is 43.3 Å². The molecule has 2 aromatic rings. The topological polar surface area (TPSA) is 57.0 Å². The van der Waals surface area contributed by atoms with Crippen LogP contribution in [0.2, 0.25) is 18.1 Å². The number of carbonyl (C=O) groups is 1. The van der Waals surface area contributed by atoms with Crippen LogP contribution in [0.4, 0.5) is 4.39 Å². The van der Waals surface area contributed by atoms with Crippen LogP contribution in [0.15, 0.2) is 24.4 Å². The van der Waals surface area contributed by atoms with Gasteiger partial charge in [0.1, 0.15) is 11.5 Å². The molecule has 0 aliphatic heterocycles. The Morgan fingerprint density at radius 1 is 1.28 bits per heavy atom. The Morgan fingerprint density at radius 3 is 2.48 bits per heavy atom. The molecule has 2 heterocycles. The summed E-state index contributed by atoms with van der Waals surface area (Å²) in [4.78, 5) is 15.6. The molecule has 136 valence electrons. The number of nitrogens with zero attached hydrogens (tertiary/aromatic N) is 3. The number of pyridine rings is 1. The van der Waals surface area contributed by atoms with Crippen molar-refractivity contribution in [3.63, 3.8) is 0 Å². The molecule has 2 aromatic heterocycles. The Labute approximate surface area is 149 Å². The van der Waals surface area contributed by atoms with E-state index in [0.717, 1.165) is 11.9 Å². The summed E-state index contributed by atoms with van der Waals surface area (Å²) in [5.74, 6) is -0.385. The van der Waals surface area contributed by atoms with Gasteiger partial charge in [0.15, 0.2) is 14.1 Å². The first-order chi connectivity index (χ1) is 11.5. The van der Waals surface area contributed by atoms with E-state index in [1.54, 1.807) is 10.7 Å². The zero-order valence-electron chi connectivity index (χ0n) is 15.8. The SMILES string of the molecule is CC(=O)Cn1nc(-c2ccc(F)cn2)cc1CO[Si](C)(C)C(C)(C)C. The Kier molecular flexibility index (Phi) is 5.58. The van der Waals surface area contributed by atoms with E-state index in [1.165, 1.54) is 13.0 Å². The van der Waals surface area contributed by atoms with Gasteiger partial charge in [-0.1, -0.05) is 20.8 Å². The van der Waals surface area contributed by atoms with Crippen LogP contribution in [-0.4, -0.2) is 28.9 Å². The highest BCUT2D eigenvalue weighted by molar-refractivity contribution is 6.74. The highest BCUT2D eigenvalue weighted by Gasteiger charge is 2.37. The first-order valence-corrected chi connectivity index (χ1v) is 11.2. The van der Waals surface area contributed by atoms with Crippen molar-refractivity contribution in [2.75, 3.05) is 0 Å². The van der Waals surface area contributed by atoms with Crippen molar-refractivity contribution >= 4 is 14.1 Å². The fourth-order valence-electron chi connectivity index (χ4n) is 2.04. The molecule has 0 saturated heterocycles. The van der Waals surface area contributed by atoms with E-state index in [2.05, 4.69) is 43.9 Å². The van der Waals surface area contributed by atoms with Crippen LogP contribution in [0.3, 0.4) is 0 Å². The summed E-state index contributed by atoms with van der Waals surface area (Å²) in [6, 6.07) is 4.78. The number of rotatable bonds is 6. The molecule has 5 nitrogen and oxygen atoms in total. The Balaban J connectivity index is 2.29. The maximum Gasteiger partial charge on any atom is 0.192 e. The third-order valence-electron chi connectivity index (χ3n) is 4.61. The van der Waals surface area contributed by atoms with E-state index >= 15 is 0 Å². The second-order valence-corrected chi connectivity index (χ2v) is 12.6. The summed E-state index contributed by atoms with van der Waals surface area (Å²) in [6.45, 7) is 13.0. The monoisotopic (exact) mass is 363 g/mol. The van der Waals surface area contributed by atoms with Gasteiger partial charge < -0.3 is 4.43 Å². The molecular formula is C18H26FN3O2Si. The number of Topliss-reactive ketones (excluding diaryl/α,β-unsaturated/α-hetero) is 1. The van der Waals surface area contributed by atoms with Crippen molar-refractivity contribution in [3.05, 3.63) is 35.9 Å². The van der Waals surface area contributed by atoms with E-state index in [9.17, 15) is 9.18 Å². The summed E-state index contributed by atoms with van der Waals surface area (Å²) in [5.41, 5.74) is 1.99. The van der Waals surface area contributed by atoms with Crippen LogP contribution in [-0.2, 0) is 22.4 Å². The second-order valence-electron chi connectivity index (χ2n) is 7.79. The summed E-state index contributed by atoms with van der Waals surface area (Å²) >= 11 is 0. The van der Waals surface area contributed by atoms with Crippen molar-refractivity contribution in [1.82, 2.24) is 14.8 Å². The van der Waals surface area contributed by atoms with Gasteiger partial charge in [0.05, 0.1) is 30.7 Å². The minimum Gasteiger partial charge on any atom is -0.411 e. The Bertz CT molecular complexity index is 749. The van der Waals surface area contributed by atoms with E-state index in [1.807, 2.05) is 6.07 Å². The molecule has 0 aliphatic rings. The lowest BCUT2D eigenvalue weighted by Gasteiger charge is -2.36. The lowest BCUT2D eigenvalue weighted by Crippen LogP contribution is -2.40. The van der Waals surface area contributed by atoms with Crippen molar-refractivity contribution in [2.24, 2.45) is 0 Å². The molecule has 0 amide bonds. The van der Waals surface area contributed by atoms with Gasteiger partial charge >= 0.3 is 0 Å². The van der Waals surface area contributed by atoms with Gasteiger partial charge in [0, 0.05) is 0 Å². The largest absolute Gasteiger partial charge is 0.411 e. The smallest absolute Gasteiger partial charge is 0.192 e. The number of hydrogen-bond donors (Lipinski definition) is 0. The number of ketones is 1. The standard InChI is InChI=1S/C18H26FN3O2Si/c1-13(23)11-22-15(12-24-25(5,6)18(2,3)4)9-17(21-22)16-8-7-14(19)10-20-16/h7-10H,11-12H2,1-6H3. The van der Waals surface area contributed by atoms with E-state index in [0.29, 0.717) is 18.0 Å². The maximum absolute atomic E-state index is 13.1. The Hall–Kier alpha value is -1.86. The fraction of sp³-hybridized carbons (Fsp3) is 0.500. The van der Waals surface area contributed by atoms with Crippen molar-refractivity contribution in [2.45, 2.75) is 59.0 Å². The van der Waals surface area contributed by atoms with E-state index in [4.69, 9.17) is 4.43 Å². The molecule has 0 N–H and O–H groups in total. The lowest BCUT2D eigenvalue weighted by atomic mass is 10.2. The average molecular weight is 364 g/mol. The normalized spacial score (nSPS) is 12.4. The molecule has 0 fully saturated rings. The molecule has 0 atom stereocenters. The van der Waals surface area contributed by atoms with Gasteiger partial charge in [0.25, 0.3) is 0 Å². The minimum atomic E-state index is -1.92. The summed E-state index contributed by atoms with van der Waals surface area (Å²) in [6.07, 6.45) is 1.16. The predicted molar refractivity (Wildman–Crippen MR) is 98.1 cm³/mol. The zero-order valence-corrected chi connectivity index (χ0v) is 16.8. The quantitative estimate of drug-likeness (QED) is 0.722. The number of carbonyl (C=O) groups excluding carboxylic acids is 1. The van der Waals surface area contributed by atoms with Crippen LogP contribution in [0.5, 0.6) is 0 Å². The van der Waals surface area contributed by atoms with Crippen molar-refractivity contribution in [3.8, 4) is 11.4 Å². The van der Waals surface area contributed by atoms with Gasteiger partial charge in [-0.15, -0.1) is 0 Å². The average Bonchev–Trinajstić information content (AvgIpc) is 2.87. The third kappa shape index (κ3) is 4.82. The molecule has 25 heavy (non-hydrogen) atoms. The third-order valence-corrected chi connectivity index (χ3v) is 9.09. The van der Waals surface area contributed by atoms with Crippen molar-refractivity contribution < 1.29 is 13.6 Å². The van der Waals surface area contributed by atoms with Gasteiger partial charge in [-0.3, -0.25) is 14.5 Å². The van der Waals surface area contributed by atoms with E-state index < -0.39 is 14.1 Å². The number of halogens is 1. The van der Waals surface area contributed by atoms with Gasteiger partial charge in [-0.25, -0.2) is 4.39 Å². The Morgan fingerprint density at radius 2 is 1.96 bits per heavy atom. The maximum atomic E-state index is 13.1. The van der Waals surface area contributed by atoms with Crippen LogP contribution < -0.4 is 0 Å². The first kappa shape index (κ1) is 19.5. The molecule has 0 aromatic carbocycles. The van der Waals surface area contributed by atoms with Crippen LogP contribution in [0.1, 0.15) is 33.4 Å². The minimum absolute atomic E-state index is 0.00953. The molecule has 0 bridgehead atoms. The first-order valence-electron chi connectivity index (χ1n) is 8.31. The second kappa shape index (κ2) is 7.17. The zero-order chi connectivity index (χ0) is 18.8. The fourth-order valence-corrected chi connectivity index (χ4v) is 2.98. The molecule has 2 rings (SSSR count). The number of aromatic nitrogens is 3. The van der Waals surface area contributed by atoms with E-state index in [-0.39, 0.29) is 17.4 Å². The molecule has 0 spiro atoms. The van der Waals surface area contributed by atoms with Crippen molar-refractivity contribution in [1.29, 1.82) is 0 Å². The highest BCUT2D eigenvalue weighted by atomic mass is 28.4. The predicted octanol–water partition coefficient (Wildman–Crippen LogP) is 4.20. The van der Waals surface area contributed by atoms with Gasteiger partial charge in [-0.2, -0.15) is 5.10 Å². The molecular weight excluding hydrogens is 337 g/mol. The summed E-state index contributed by atoms with van der Waals surface area (Å²) in [5, 5.41) is 4.56. The summed E-state index contributed by atoms with van der Waals surface area (Å²) in [7, 11) is -1.92. The van der Waals surface area contributed by atoms with Crippen LogP contribution in [0.25, 0.3) is 11.4 Å². The molecule has 0 radical (unpaired) electrons. The molecule has 7 heteroatoms. The lowest BCUT2D eigenvalue weighted by molar-refractivity contribution is -0.117. The molecule has 0 aliphatic carbocycles. The van der Waals surface area contributed by atoms with Crippen LogP contribution in [0, 0.1) is 5.82 Å².